The van der Waals surface area contributed by atoms with Crippen molar-refractivity contribution in [1.29, 1.82) is 0 Å². The highest BCUT2D eigenvalue weighted by Gasteiger charge is 2.28. The maximum absolute atomic E-state index is 11.0. The maximum atomic E-state index is 11.0. The van der Waals surface area contributed by atoms with Crippen LogP contribution in [0.1, 0.15) is 6.42 Å². The minimum Gasteiger partial charge on any atom is -0.229 e. The number of hydrogen-bond donors (Lipinski definition) is 0. The average molecular weight is 242 g/mol. The van der Waals surface area contributed by atoms with Crippen LogP contribution >= 0.6 is 35.7 Å². The summed E-state index contributed by atoms with van der Waals surface area (Å²) in [5.74, 6) is 0.639. The van der Waals surface area contributed by atoms with Gasteiger partial charge in [-0.05, 0) is 12.7 Å². The van der Waals surface area contributed by atoms with Gasteiger partial charge in [-0.1, -0.05) is 12.2 Å². The lowest BCUT2D eigenvalue weighted by molar-refractivity contribution is 0.602. The maximum Gasteiger partial charge on any atom is 0.151 e. The first-order valence-electron chi connectivity index (χ1n) is 3.48. The van der Waals surface area contributed by atoms with E-state index in [0.29, 0.717) is 11.5 Å². The van der Waals surface area contributed by atoms with Crippen LogP contribution in [-0.4, -0.2) is 35.0 Å². The van der Waals surface area contributed by atoms with Gasteiger partial charge < -0.3 is 0 Å². The van der Waals surface area contributed by atoms with Gasteiger partial charge in [0.2, 0.25) is 0 Å². The molecule has 0 aromatic carbocycles. The molecule has 0 aromatic heterocycles. The van der Waals surface area contributed by atoms with Gasteiger partial charge in [-0.2, -0.15) is 0 Å². The molecule has 12 heavy (non-hydrogen) atoms. The molecule has 1 aliphatic heterocycles. The Morgan fingerprint density at radius 3 is 2.67 bits per heavy atom. The van der Waals surface area contributed by atoms with E-state index >= 15 is 0 Å². The summed E-state index contributed by atoms with van der Waals surface area (Å²) in [6, 6.07) is 0. The standard InChI is InChI=1S/C6H10O2S4/c1-10-6(9)11-5-2-3-12(7,8)4-5/h5H,2-4H2,1H3/t5-/m1/s1. The Morgan fingerprint density at radius 2 is 2.25 bits per heavy atom. The molecule has 0 spiro atoms. The molecule has 0 aromatic rings. The Balaban J connectivity index is 2.43. The summed E-state index contributed by atoms with van der Waals surface area (Å²) >= 11 is 8.03. The van der Waals surface area contributed by atoms with E-state index in [0.717, 1.165) is 9.95 Å². The van der Waals surface area contributed by atoms with E-state index < -0.39 is 9.84 Å². The largest absolute Gasteiger partial charge is 0.229 e. The number of sulfone groups is 1. The van der Waals surface area contributed by atoms with E-state index in [9.17, 15) is 8.42 Å². The normalized spacial score (nSPS) is 27.2. The zero-order chi connectivity index (χ0) is 9.19. The van der Waals surface area contributed by atoms with Gasteiger partial charge in [-0.3, -0.25) is 0 Å². The fraction of sp³-hybridized carbons (Fsp3) is 0.833. The Kier molecular flexibility index (Phi) is 3.88. The fourth-order valence-electron chi connectivity index (χ4n) is 1.04. The van der Waals surface area contributed by atoms with Crippen molar-refractivity contribution in [3.8, 4) is 0 Å². The molecule has 1 heterocycles. The molecule has 0 bridgehead atoms. The topological polar surface area (TPSA) is 34.1 Å². The zero-order valence-electron chi connectivity index (χ0n) is 6.65. The number of thioether (sulfide) groups is 2. The molecule has 0 unspecified atom stereocenters. The molecule has 70 valence electrons. The summed E-state index contributed by atoms with van der Waals surface area (Å²) in [7, 11) is -2.74. The molecule has 1 rings (SSSR count). The minimum absolute atomic E-state index is 0.204. The molecule has 0 amide bonds. The highest BCUT2D eigenvalue weighted by Crippen LogP contribution is 2.28. The molecule has 0 N–H and O–H groups in total. The Bertz CT molecular complexity index is 269. The second-order valence-electron chi connectivity index (χ2n) is 2.60. The van der Waals surface area contributed by atoms with E-state index in [1.54, 1.807) is 0 Å². The first-order valence-corrected chi connectivity index (χ1v) is 7.82. The third-order valence-corrected chi connectivity index (χ3v) is 6.44. The molecule has 1 atom stereocenters. The van der Waals surface area contributed by atoms with Crippen LogP contribution in [-0.2, 0) is 9.84 Å². The van der Waals surface area contributed by atoms with Crippen LogP contribution in [0.25, 0.3) is 0 Å². The number of rotatable bonds is 1. The summed E-state index contributed by atoms with van der Waals surface area (Å²) in [4.78, 5) is 0. The Hall–Kier alpha value is 0.740. The summed E-state index contributed by atoms with van der Waals surface area (Å²) in [5, 5.41) is 0.204. The van der Waals surface area contributed by atoms with Crippen molar-refractivity contribution in [2.75, 3.05) is 17.8 Å². The molecular weight excluding hydrogens is 232 g/mol. The first-order chi connectivity index (χ1) is 5.53. The summed E-state index contributed by atoms with van der Waals surface area (Å²) in [6.07, 6.45) is 2.67. The summed E-state index contributed by atoms with van der Waals surface area (Å²) < 4.78 is 22.9. The summed E-state index contributed by atoms with van der Waals surface area (Å²) in [6.45, 7) is 0. The van der Waals surface area contributed by atoms with Crippen LogP contribution in [0.15, 0.2) is 0 Å². The van der Waals surface area contributed by atoms with Gasteiger partial charge in [0.1, 0.15) is 3.53 Å². The van der Waals surface area contributed by atoms with Crippen LogP contribution < -0.4 is 0 Å². The quantitative estimate of drug-likeness (QED) is 0.652. The van der Waals surface area contributed by atoms with Gasteiger partial charge in [-0.15, -0.1) is 23.5 Å². The molecule has 6 heteroatoms. The molecule has 0 aliphatic carbocycles. The van der Waals surface area contributed by atoms with Crippen LogP contribution in [0.4, 0.5) is 0 Å². The molecule has 0 radical (unpaired) electrons. The van der Waals surface area contributed by atoms with E-state index in [-0.39, 0.29) is 5.25 Å². The van der Waals surface area contributed by atoms with E-state index in [1.165, 1.54) is 23.5 Å². The van der Waals surface area contributed by atoms with Gasteiger partial charge in [0.25, 0.3) is 0 Å². The second-order valence-corrected chi connectivity index (χ2v) is 8.14. The third kappa shape index (κ3) is 3.24. The predicted molar refractivity (Wildman–Crippen MR) is 60.8 cm³/mol. The zero-order valence-corrected chi connectivity index (χ0v) is 9.91. The number of thiocarbonyl (C=S) groups is 1. The third-order valence-electron chi connectivity index (χ3n) is 1.62. The highest BCUT2D eigenvalue weighted by atomic mass is 32.2. The first kappa shape index (κ1) is 10.8. The van der Waals surface area contributed by atoms with Crippen molar-refractivity contribution in [1.82, 2.24) is 0 Å². The van der Waals surface area contributed by atoms with Crippen molar-refractivity contribution in [3.05, 3.63) is 0 Å². The van der Waals surface area contributed by atoms with E-state index in [1.807, 2.05) is 6.26 Å². The van der Waals surface area contributed by atoms with Gasteiger partial charge >= 0.3 is 0 Å². The van der Waals surface area contributed by atoms with Gasteiger partial charge in [-0.25, -0.2) is 8.42 Å². The predicted octanol–water partition coefficient (Wildman–Crippen LogP) is 1.55. The lowest BCUT2D eigenvalue weighted by atomic mass is 10.4. The highest BCUT2D eigenvalue weighted by molar-refractivity contribution is 8.47. The van der Waals surface area contributed by atoms with E-state index in [4.69, 9.17) is 12.2 Å². The monoisotopic (exact) mass is 242 g/mol. The van der Waals surface area contributed by atoms with Crippen molar-refractivity contribution in [3.63, 3.8) is 0 Å². The smallest absolute Gasteiger partial charge is 0.151 e. The van der Waals surface area contributed by atoms with Crippen LogP contribution in [0.2, 0.25) is 0 Å². The molecule has 1 fully saturated rings. The van der Waals surface area contributed by atoms with Crippen molar-refractivity contribution >= 4 is 49.1 Å². The van der Waals surface area contributed by atoms with Gasteiger partial charge in [0.15, 0.2) is 9.84 Å². The summed E-state index contributed by atoms with van der Waals surface area (Å²) in [5.41, 5.74) is 0. The van der Waals surface area contributed by atoms with Crippen molar-refractivity contribution < 1.29 is 8.42 Å². The van der Waals surface area contributed by atoms with Crippen molar-refractivity contribution in [2.45, 2.75) is 11.7 Å². The van der Waals surface area contributed by atoms with E-state index in [2.05, 4.69) is 0 Å². The molecule has 0 saturated carbocycles. The molecule has 1 aliphatic rings. The Morgan fingerprint density at radius 1 is 1.58 bits per heavy atom. The van der Waals surface area contributed by atoms with Crippen molar-refractivity contribution in [2.24, 2.45) is 0 Å². The molecule has 2 nitrogen and oxygen atoms in total. The lowest BCUT2D eigenvalue weighted by Crippen LogP contribution is -2.07. The second kappa shape index (κ2) is 4.30. The van der Waals surface area contributed by atoms with Crippen LogP contribution in [0.3, 0.4) is 0 Å². The fourth-order valence-corrected chi connectivity index (χ4v) is 5.33. The van der Waals surface area contributed by atoms with Crippen LogP contribution in [0.5, 0.6) is 0 Å². The van der Waals surface area contributed by atoms with Gasteiger partial charge in [0.05, 0.1) is 11.5 Å². The minimum atomic E-state index is -2.74. The van der Waals surface area contributed by atoms with Crippen LogP contribution in [0, 0.1) is 0 Å². The average Bonchev–Trinajstić information content (AvgIpc) is 2.30. The Labute approximate surface area is 86.8 Å². The molecular formula is C6H10O2S4. The number of hydrogen-bond acceptors (Lipinski definition) is 5. The van der Waals surface area contributed by atoms with Gasteiger partial charge in [0, 0.05) is 5.25 Å². The molecule has 1 saturated heterocycles. The SMILES string of the molecule is CSC(=S)S[C@@H]1CCS(=O)(=O)C1. The lowest BCUT2D eigenvalue weighted by Gasteiger charge is -2.04.